The van der Waals surface area contributed by atoms with Crippen molar-refractivity contribution in [2.45, 2.75) is 40.0 Å². The molecule has 86 valence electrons. The van der Waals surface area contributed by atoms with E-state index in [1.54, 1.807) is 0 Å². The average Bonchev–Trinajstić information content (AvgIpc) is 2.68. The second-order valence-electron chi connectivity index (χ2n) is 5.28. The molecule has 0 amide bonds. The number of carbonyl (C=O) groups excluding carboxylic acids is 1. The van der Waals surface area contributed by atoms with Crippen LogP contribution in [0, 0.1) is 25.7 Å². The van der Waals surface area contributed by atoms with E-state index in [1.807, 2.05) is 12.1 Å². The van der Waals surface area contributed by atoms with Crippen LogP contribution in [0.2, 0.25) is 0 Å². The highest BCUT2D eigenvalue weighted by atomic mass is 16.1. The number of Topliss-reactive ketones (excluding diaryl/α,β-unsaturated/α-hetero) is 1. The zero-order valence-electron chi connectivity index (χ0n) is 10.4. The number of carbonyl (C=O) groups is 1. The molecule has 1 aliphatic rings. The van der Waals surface area contributed by atoms with Gasteiger partial charge >= 0.3 is 0 Å². The minimum absolute atomic E-state index is 0.275. The lowest BCUT2D eigenvalue weighted by Gasteiger charge is -2.10. The molecule has 0 saturated heterocycles. The molecule has 2 atom stereocenters. The molecule has 1 heteroatoms. The summed E-state index contributed by atoms with van der Waals surface area (Å²) in [5.41, 5.74) is 3.38. The van der Waals surface area contributed by atoms with Crippen LogP contribution in [0.15, 0.2) is 18.2 Å². The first-order valence-electron chi connectivity index (χ1n) is 6.19. The Morgan fingerprint density at radius 3 is 2.50 bits per heavy atom. The number of benzene rings is 1. The van der Waals surface area contributed by atoms with Crippen molar-refractivity contribution < 1.29 is 4.79 Å². The summed E-state index contributed by atoms with van der Waals surface area (Å²) in [4.78, 5) is 12.3. The topological polar surface area (TPSA) is 17.1 Å². The van der Waals surface area contributed by atoms with Crippen molar-refractivity contribution in [3.63, 3.8) is 0 Å². The third-order valence-corrected chi connectivity index (χ3v) is 3.86. The second kappa shape index (κ2) is 4.40. The third kappa shape index (κ3) is 2.18. The van der Waals surface area contributed by atoms with E-state index in [9.17, 15) is 4.79 Å². The molecule has 1 nitrogen and oxygen atoms in total. The minimum atomic E-state index is 0.275. The van der Waals surface area contributed by atoms with Gasteiger partial charge in [0.25, 0.3) is 0 Å². The molecule has 0 heterocycles. The molecule has 1 aromatic carbocycles. The van der Waals surface area contributed by atoms with Crippen LogP contribution in [0.4, 0.5) is 0 Å². The molecule has 0 aromatic heterocycles. The van der Waals surface area contributed by atoms with E-state index in [4.69, 9.17) is 0 Å². The molecule has 0 N–H and O–H groups in total. The summed E-state index contributed by atoms with van der Waals surface area (Å²) < 4.78 is 0. The predicted octanol–water partition coefficient (Wildman–Crippen LogP) is 3.92. The van der Waals surface area contributed by atoms with Crippen molar-refractivity contribution in [3.05, 3.63) is 34.9 Å². The van der Waals surface area contributed by atoms with E-state index in [1.165, 1.54) is 17.5 Å². The van der Waals surface area contributed by atoms with Gasteiger partial charge in [0, 0.05) is 11.5 Å². The molecule has 2 rings (SSSR count). The number of hydrogen-bond acceptors (Lipinski definition) is 1. The molecule has 0 spiro atoms. The van der Waals surface area contributed by atoms with Crippen molar-refractivity contribution in [2.75, 3.05) is 0 Å². The van der Waals surface area contributed by atoms with E-state index in [2.05, 4.69) is 26.8 Å². The highest BCUT2D eigenvalue weighted by Crippen LogP contribution is 2.32. The molecule has 1 saturated carbocycles. The number of ketones is 1. The fourth-order valence-corrected chi connectivity index (χ4v) is 2.58. The van der Waals surface area contributed by atoms with Gasteiger partial charge in [-0.25, -0.2) is 0 Å². The summed E-state index contributed by atoms with van der Waals surface area (Å²) >= 11 is 0. The van der Waals surface area contributed by atoms with Crippen LogP contribution in [0.3, 0.4) is 0 Å². The van der Waals surface area contributed by atoms with Crippen LogP contribution in [-0.4, -0.2) is 5.78 Å². The maximum Gasteiger partial charge on any atom is 0.165 e. The fourth-order valence-electron chi connectivity index (χ4n) is 2.58. The molecule has 1 aliphatic carbocycles. The van der Waals surface area contributed by atoms with Crippen molar-refractivity contribution in [1.29, 1.82) is 0 Å². The van der Waals surface area contributed by atoms with E-state index in [0.717, 1.165) is 24.3 Å². The molecular weight excluding hydrogens is 196 g/mol. The van der Waals surface area contributed by atoms with Crippen LogP contribution >= 0.6 is 0 Å². The third-order valence-electron chi connectivity index (χ3n) is 3.86. The van der Waals surface area contributed by atoms with Gasteiger partial charge in [-0.1, -0.05) is 19.1 Å². The standard InChI is InChI=1S/C15H20O/c1-10-4-6-13(8-10)15(16)14-7-5-11(2)12(3)9-14/h5,7,9-10,13H,4,6,8H2,1-3H3. The Balaban J connectivity index is 2.18. The highest BCUT2D eigenvalue weighted by Gasteiger charge is 2.27. The monoisotopic (exact) mass is 216 g/mol. The van der Waals surface area contributed by atoms with Crippen LogP contribution in [-0.2, 0) is 0 Å². The highest BCUT2D eigenvalue weighted by molar-refractivity contribution is 5.98. The maximum absolute atomic E-state index is 12.3. The lowest BCUT2D eigenvalue weighted by atomic mass is 9.93. The lowest BCUT2D eigenvalue weighted by molar-refractivity contribution is 0.0920. The predicted molar refractivity (Wildman–Crippen MR) is 66.8 cm³/mol. The normalized spacial score (nSPS) is 24.7. The zero-order chi connectivity index (χ0) is 11.7. The summed E-state index contributed by atoms with van der Waals surface area (Å²) in [6, 6.07) is 6.08. The van der Waals surface area contributed by atoms with Gasteiger partial charge in [-0.15, -0.1) is 0 Å². The van der Waals surface area contributed by atoms with Crippen LogP contribution in [0.1, 0.15) is 47.7 Å². The number of aryl methyl sites for hydroxylation is 2. The number of hydrogen-bond donors (Lipinski definition) is 0. The second-order valence-corrected chi connectivity index (χ2v) is 5.28. The Kier molecular flexibility index (Phi) is 3.13. The smallest absolute Gasteiger partial charge is 0.165 e. The molecular formula is C15H20O. The van der Waals surface area contributed by atoms with E-state index in [-0.39, 0.29) is 5.92 Å². The van der Waals surface area contributed by atoms with Gasteiger partial charge in [0.2, 0.25) is 0 Å². The Morgan fingerprint density at radius 1 is 1.19 bits per heavy atom. The van der Waals surface area contributed by atoms with Gasteiger partial charge in [-0.2, -0.15) is 0 Å². The van der Waals surface area contributed by atoms with Crippen molar-refractivity contribution >= 4 is 5.78 Å². The summed E-state index contributed by atoms with van der Waals surface area (Å²) in [5, 5.41) is 0. The van der Waals surface area contributed by atoms with Gasteiger partial charge < -0.3 is 0 Å². The molecule has 0 bridgehead atoms. The van der Waals surface area contributed by atoms with Gasteiger partial charge in [-0.05, 0) is 56.2 Å². The average molecular weight is 216 g/mol. The van der Waals surface area contributed by atoms with E-state index >= 15 is 0 Å². The van der Waals surface area contributed by atoms with Crippen LogP contribution in [0.5, 0.6) is 0 Å². The summed E-state index contributed by atoms with van der Waals surface area (Å²) in [5.74, 6) is 1.35. The fraction of sp³-hybridized carbons (Fsp3) is 0.533. The summed E-state index contributed by atoms with van der Waals surface area (Å²) in [6.45, 7) is 6.40. The van der Waals surface area contributed by atoms with Gasteiger partial charge in [0.05, 0.1) is 0 Å². The molecule has 1 fully saturated rings. The minimum Gasteiger partial charge on any atom is -0.294 e. The quantitative estimate of drug-likeness (QED) is 0.685. The first-order chi connectivity index (χ1) is 7.58. The Labute approximate surface area is 97.9 Å². The molecule has 1 aromatic rings. The van der Waals surface area contributed by atoms with Crippen molar-refractivity contribution in [3.8, 4) is 0 Å². The lowest BCUT2D eigenvalue weighted by Crippen LogP contribution is -2.11. The molecule has 16 heavy (non-hydrogen) atoms. The maximum atomic E-state index is 12.3. The van der Waals surface area contributed by atoms with E-state index in [0.29, 0.717) is 5.78 Å². The zero-order valence-corrected chi connectivity index (χ0v) is 10.4. The van der Waals surface area contributed by atoms with Crippen LogP contribution in [0.25, 0.3) is 0 Å². The molecule has 0 radical (unpaired) electrons. The van der Waals surface area contributed by atoms with Crippen LogP contribution < -0.4 is 0 Å². The van der Waals surface area contributed by atoms with Crippen molar-refractivity contribution in [1.82, 2.24) is 0 Å². The van der Waals surface area contributed by atoms with Gasteiger partial charge in [0.1, 0.15) is 0 Å². The summed E-state index contributed by atoms with van der Waals surface area (Å²) in [6.07, 6.45) is 3.36. The largest absolute Gasteiger partial charge is 0.294 e. The molecule has 2 unspecified atom stereocenters. The SMILES string of the molecule is Cc1ccc(C(=O)C2CCC(C)C2)cc1C. The summed E-state index contributed by atoms with van der Waals surface area (Å²) in [7, 11) is 0. The Hall–Kier alpha value is -1.11. The first kappa shape index (κ1) is 11.4. The number of rotatable bonds is 2. The van der Waals surface area contributed by atoms with Gasteiger partial charge in [-0.3, -0.25) is 4.79 Å². The Morgan fingerprint density at radius 2 is 1.94 bits per heavy atom. The van der Waals surface area contributed by atoms with Gasteiger partial charge in [0.15, 0.2) is 5.78 Å². The first-order valence-corrected chi connectivity index (χ1v) is 6.19. The molecule has 0 aliphatic heterocycles. The van der Waals surface area contributed by atoms with Crippen molar-refractivity contribution in [2.24, 2.45) is 11.8 Å². The van der Waals surface area contributed by atoms with E-state index < -0.39 is 0 Å². The Bertz CT molecular complexity index is 406.